The van der Waals surface area contributed by atoms with E-state index in [-0.39, 0.29) is 29.1 Å². The average Bonchev–Trinajstić information content (AvgIpc) is 3.01. The molecule has 4 N–H and O–H groups in total. The quantitative estimate of drug-likeness (QED) is 0.477. The molecule has 0 aliphatic carbocycles. The molecule has 2 heterocycles. The molecule has 130 valence electrons. The molecule has 0 bridgehead atoms. The first-order valence-electron chi connectivity index (χ1n) is 7.97. The highest BCUT2D eigenvalue weighted by Gasteiger charge is 2.24. The molecule has 0 saturated heterocycles. The normalized spacial score (nSPS) is 12.9. The maximum Gasteiger partial charge on any atom is 0.226 e. The van der Waals surface area contributed by atoms with Gasteiger partial charge < -0.3 is 16.4 Å². The predicted molar refractivity (Wildman–Crippen MR) is 98.7 cm³/mol. The number of anilines is 3. The zero-order valence-electron chi connectivity index (χ0n) is 13.9. The molecule has 1 aromatic carbocycles. The third kappa shape index (κ3) is 3.74. The van der Waals surface area contributed by atoms with E-state index in [0.717, 1.165) is 17.7 Å². The van der Waals surface area contributed by atoms with E-state index in [2.05, 4.69) is 9.97 Å². The van der Waals surface area contributed by atoms with E-state index >= 15 is 0 Å². The number of carbonyl (C=O) groups is 2. The van der Waals surface area contributed by atoms with Crippen LogP contribution < -0.4 is 16.4 Å². The van der Waals surface area contributed by atoms with Crippen LogP contribution in [-0.4, -0.2) is 34.0 Å². The Morgan fingerprint density at radius 2 is 1.92 bits per heavy atom. The third-order valence-corrected chi connectivity index (χ3v) is 4.83. The lowest BCUT2D eigenvalue weighted by atomic mass is 10.1. The monoisotopic (exact) mass is 357 g/mol. The lowest BCUT2D eigenvalue weighted by Crippen LogP contribution is -2.27. The van der Waals surface area contributed by atoms with E-state index in [4.69, 9.17) is 11.5 Å². The standard InChI is InChI=1S/C17H19N5O2S/c1-2-16(24)22-6-5-10-7-11(3-4-12(10)22)13(23)9-25-17-20-14(18)8-15(19)21-17/h3-4,7-8H,2,5-6,9H2,1H3,(H4,18,19,20,21). The third-order valence-electron chi connectivity index (χ3n) is 3.98. The molecule has 25 heavy (non-hydrogen) atoms. The van der Waals surface area contributed by atoms with Crippen LogP contribution in [0.2, 0.25) is 0 Å². The molecule has 0 radical (unpaired) electrons. The summed E-state index contributed by atoms with van der Waals surface area (Å²) in [6.07, 6.45) is 1.24. The second-order valence-electron chi connectivity index (χ2n) is 5.70. The van der Waals surface area contributed by atoms with Crippen LogP contribution in [0.1, 0.15) is 29.3 Å². The van der Waals surface area contributed by atoms with Gasteiger partial charge in [-0.05, 0) is 30.2 Å². The van der Waals surface area contributed by atoms with E-state index in [1.165, 1.54) is 17.8 Å². The van der Waals surface area contributed by atoms with Crippen LogP contribution in [0.5, 0.6) is 0 Å². The second kappa shape index (κ2) is 7.10. The number of hydrogen-bond acceptors (Lipinski definition) is 7. The van der Waals surface area contributed by atoms with E-state index < -0.39 is 0 Å². The SMILES string of the molecule is CCC(=O)N1CCc2cc(C(=O)CSc3nc(N)cc(N)n3)ccc21. The van der Waals surface area contributed by atoms with Crippen molar-refractivity contribution in [3.8, 4) is 0 Å². The lowest BCUT2D eigenvalue weighted by molar-refractivity contribution is -0.118. The van der Waals surface area contributed by atoms with Crippen molar-refractivity contribution in [2.75, 3.05) is 28.7 Å². The van der Waals surface area contributed by atoms with Gasteiger partial charge in [0.1, 0.15) is 11.6 Å². The van der Waals surface area contributed by atoms with Crippen LogP contribution in [0.4, 0.5) is 17.3 Å². The number of nitrogens with two attached hydrogens (primary N) is 2. The molecule has 3 rings (SSSR count). The van der Waals surface area contributed by atoms with Gasteiger partial charge in [0, 0.05) is 30.3 Å². The van der Waals surface area contributed by atoms with Crippen LogP contribution in [-0.2, 0) is 11.2 Å². The number of benzene rings is 1. The van der Waals surface area contributed by atoms with Gasteiger partial charge in [0.2, 0.25) is 5.91 Å². The molecule has 0 atom stereocenters. The largest absolute Gasteiger partial charge is 0.383 e. The van der Waals surface area contributed by atoms with Crippen LogP contribution in [0, 0.1) is 0 Å². The molecule has 7 nitrogen and oxygen atoms in total. The number of nitrogen functional groups attached to an aromatic ring is 2. The highest BCUT2D eigenvalue weighted by Crippen LogP contribution is 2.30. The summed E-state index contributed by atoms with van der Waals surface area (Å²) in [7, 11) is 0. The van der Waals surface area contributed by atoms with Crippen molar-refractivity contribution in [1.82, 2.24) is 9.97 Å². The Labute approximate surface area is 149 Å². The van der Waals surface area contributed by atoms with Crippen LogP contribution in [0.25, 0.3) is 0 Å². The van der Waals surface area contributed by atoms with Gasteiger partial charge in [0.05, 0.1) is 5.75 Å². The topological polar surface area (TPSA) is 115 Å². The number of rotatable bonds is 5. The molecule has 0 unspecified atom stereocenters. The molecule has 0 saturated carbocycles. The molecule has 2 aromatic rings. The van der Waals surface area contributed by atoms with Gasteiger partial charge in [-0.15, -0.1) is 0 Å². The van der Waals surface area contributed by atoms with Crippen molar-refractivity contribution in [3.63, 3.8) is 0 Å². The average molecular weight is 357 g/mol. The summed E-state index contributed by atoms with van der Waals surface area (Å²) < 4.78 is 0. The molecular formula is C17H19N5O2S. The first-order chi connectivity index (χ1) is 12.0. The maximum absolute atomic E-state index is 12.4. The van der Waals surface area contributed by atoms with Gasteiger partial charge in [0.15, 0.2) is 10.9 Å². The molecule has 0 fully saturated rings. The van der Waals surface area contributed by atoms with Gasteiger partial charge in [-0.25, -0.2) is 9.97 Å². The predicted octanol–water partition coefficient (Wildman–Crippen LogP) is 1.92. The Balaban J connectivity index is 1.70. The number of fused-ring (bicyclic) bond motifs is 1. The van der Waals surface area contributed by atoms with Gasteiger partial charge in [-0.2, -0.15) is 0 Å². The Morgan fingerprint density at radius 3 is 2.60 bits per heavy atom. The summed E-state index contributed by atoms with van der Waals surface area (Å²) in [4.78, 5) is 34.2. The Morgan fingerprint density at radius 1 is 1.20 bits per heavy atom. The summed E-state index contributed by atoms with van der Waals surface area (Å²) in [5.74, 6) is 0.822. The number of hydrogen-bond donors (Lipinski definition) is 2. The van der Waals surface area contributed by atoms with Crippen molar-refractivity contribution in [2.24, 2.45) is 0 Å². The van der Waals surface area contributed by atoms with Crippen molar-refractivity contribution in [2.45, 2.75) is 24.9 Å². The summed E-state index contributed by atoms with van der Waals surface area (Å²) in [6, 6.07) is 6.95. The number of aromatic nitrogens is 2. The minimum Gasteiger partial charge on any atom is -0.383 e. The lowest BCUT2D eigenvalue weighted by Gasteiger charge is -2.16. The van der Waals surface area contributed by atoms with Crippen LogP contribution >= 0.6 is 11.8 Å². The Kier molecular flexibility index (Phi) is 4.89. The molecule has 1 aliphatic rings. The van der Waals surface area contributed by atoms with Crippen molar-refractivity contribution >= 4 is 40.8 Å². The highest BCUT2D eigenvalue weighted by molar-refractivity contribution is 7.99. The molecule has 1 aromatic heterocycles. The summed E-state index contributed by atoms with van der Waals surface area (Å²) in [6.45, 7) is 2.52. The zero-order valence-corrected chi connectivity index (χ0v) is 14.7. The van der Waals surface area contributed by atoms with E-state index in [1.54, 1.807) is 11.0 Å². The second-order valence-corrected chi connectivity index (χ2v) is 6.65. The summed E-state index contributed by atoms with van der Waals surface area (Å²) in [5, 5.41) is 0.381. The van der Waals surface area contributed by atoms with Gasteiger partial charge in [-0.3, -0.25) is 9.59 Å². The van der Waals surface area contributed by atoms with Crippen LogP contribution in [0.3, 0.4) is 0 Å². The first-order valence-corrected chi connectivity index (χ1v) is 8.96. The molecule has 8 heteroatoms. The number of carbonyl (C=O) groups excluding carboxylic acids is 2. The fourth-order valence-corrected chi connectivity index (χ4v) is 3.53. The molecule has 0 spiro atoms. The molecule has 1 aliphatic heterocycles. The van der Waals surface area contributed by atoms with E-state index in [1.807, 2.05) is 19.1 Å². The minimum absolute atomic E-state index is 0.0299. The number of Topliss-reactive ketones (excluding diaryl/α,β-unsaturated/α-hetero) is 1. The van der Waals surface area contributed by atoms with Crippen molar-refractivity contribution in [3.05, 3.63) is 35.4 Å². The maximum atomic E-state index is 12.4. The van der Waals surface area contributed by atoms with Crippen molar-refractivity contribution < 1.29 is 9.59 Å². The first kappa shape index (κ1) is 17.2. The highest BCUT2D eigenvalue weighted by atomic mass is 32.2. The smallest absolute Gasteiger partial charge is 0.226 e. The fourth-order valence-electron chi connectivity index (χ4n) is 2.77. The number of amides is 1. The zero-order chi connectivity index (χ0) is 18.0. The minimum atomic E-state index is -0.0299. The van der Waals surface area contributed by atoms with E-state index in [0.29, 0.717) is 23.7 Å². The molecule has 1 amide bonds. The summed E-state index contributed by atoms with van der Waals surface area (Å²) in [5.41, 5.74) is 13.8. The van der Waals surface area contributed by atoms with Crippen LogP contribution in [0.15, 0.2) is 29.4 Å². The summed E-state index contributed by atoms with van der Waals surface area (Å²) >= 11 is 1.20. The fraction of sp³-hybridized carbons (Fsp3) is 0.294. The van der Waals surface area contributed by atoms with Gasteiger partial charge in [-0.1, -0.05) is 18.7 Å². The number of thioether (sulfide) groups is 1. The Bertz CT molecular complexity index is 820. The van der Waals surface area contributed by atoms with E-state index in [9.17, 15) is 9.59 Å². The Hall–Kier alpha value is -2.61. The van der Waals surface area contributed by atoms with Gasteiger partial charge in [0.25, 0.3) is 0 Å². The number of nitrogens with zero attached hydrogens (tertiary/aromatic N) is 3. The van der Waals surface area contributed by atoms with Crippen molar-refractivity contribution in [1.29, 1.82) is 0 Å². The molecular weight excluding hydrogens is 338 g/mol. The van der Waals surface area contributed by atoms with Gasteiger partial charge >= 0.3 is 0 Å². The number of ketones is 1.